The van der Waals surface area contributed by atoms with Gasteiger partial charge in [-0.25, -0.2) is 0 Å². The maximum Gasteiger partial charge on any atom is 0.233 e. The number of amides is 2. The second-order valence-corrected chi connectivity index (χ2v) is 9.63. The number of rotatable bonds is 13. The Balaban J connectivity index is 1.71. The van der Waals surface area contributed by atoms with Crippen molar-refractivity contribution < 1.29 is 9.59 Å². The third-order valence-electron chi connectivity index (χ3n) is 5.34. The average Bonchev–Trinajstić information content (AvgIpc) is 3.27. The summed E-state index contributed by atoms with van der Waals surface area (Å²) in [6.07, 6.45) is 10.4. The van der Waals surface area contributed by atoms with Crippen LogP contribution < -0.4 is 22.1 Å². The first kappa shape index (κ1) is 28.5. The Morgan fingerprint density at radius 2 is 1.97 bits per heavy atom. The summed E-state index contributed by atoms with van der Waals surface area (Å²) >= 11 is 1.37. The minimum atomic E-state index is -0.340. The van der Waals surface area contributed by atoms with E-state index in [-0.39, 0.29) is 30.0 Å². The molecule has 1 aromatic carbocycles. The first-order valence-electron chi connectivity index (χ1n) is 11.9. The predicted octanol–water partition coefficient (Wildman–Crippen LogP) is 4.27. The molecule has 2 aromatic rings. The molecule has 0 aliphatic heterocycles. The summed E-state index contributed by atoms with van der Waals surface area (Å²) in [4.78, 5) is 24.5. The number of hydrogen-bond acceptors (Lipinski definition) is 7. The van der Waals surface area contributed by atoms with E-state index in [1.165, 1.54) is 11.3 Å². The summed E-state index contributed by atoms with van der Waals surface area (Å²) in [5, 5.41) is 15.0. The molecule has 0 fully saturated rings. The first-order valence-corrected chi connectivity index (χ1v) is 12.7. The SMILES string of the molecule is C=C(/C=C\C)C(C)C(=O)Nc1nnc(CCCC/C(N)=C/C=C(\N)NC(=O)Cc2cccc(C)c2)s1. The summed E-state index contributed by atoms with van der Waals surface area (Å²) in [7, 11) is 0. The topological polar surface area (TPSA) is 136 Å². The zero-order chi connectivity index (χ0) is 26.5. The van der Waals surface area contributed by atoms with Crippen LogP contribution in [-0.2, 0) is 22.4 Å². The Morgan fingerprint density at radius 3 is 2.69 bits per heavy atom. The molecule has 9 heteroatoms. The molecule has 0 aliphatic carbocycles. The van der Waals surface area contributed by atoms with E-state index < -0.39 is 0 Å². The Hall–Kier alpha value is -3.72. The van der Waals surface area contributed by atoms with Crippen molar-refractivity contribution in [3.05, 3.63) is 88.4 Å². The summed E-state index contributed by atoms with van der Waals surface area (Å²) < 4.78 is 0. The molecule has 2 rings (SSSR count). The van der Waals surface area contributed by atoms with E-state index in [0.29, 0.717) is 17.2 Å². The van der Waals surface area contributed by atoms with Crippen LogP contribution in [0, 0.1) is 12.8 Å². The minimum Gasteiger partial charge on any atom is -0.402 e. The van der Waals surface area contributed by atoms with Gasteiger partial charge in [-0.1, -0.05) is 59.9 Å². The van der Waals surface area contributed by atoms with Gasteiger partial charge in [0.25, 0.3) is 0 Å². The van der Waals surface area contributed by atoms with Gasteiger partial charge >= 0.3 is 0 Å². The smallest absolute Gasteiger partial charge is 0.233 e. The molecule has 0 spiro atoms. The minimum absolute atomic E-state index is 0.155. The number of allylic oxidation sites excluding steroid dienone is 5. The number of benzene rings is 1. The van der Waals surface area contributed by atoms with Gasteiger partial charge in [-0.3, -0.25) is 9.59 Å². The molecule has 1 aromatic heterocycles. The van der Waals surface area contributed by atoms with Crippen LogP contribution in [0.4, 0.5) is 5.13 Å². The molecule has 192 valence electrons. The van der Waals surface area contributed by atoms with Gasteiger partial charge in [0.05, 0.1) is 12.3 Å². The van der Waals surface area contributed by atoms with E-state index in [1.807, 2.05) is 50.3 Å². The third-order valence-corrected chi connectivity index (χ3v) is 6.24. The fourth-order valence-electron chi connectivity index (χ4n) is 3.29. The highest BCUT2D eigenvalue weighted by molar-refractivity contribution is 7.15. The normalized spacial score (nSPS) is 13.0. The van der Waals surface area contributed by atoms with E-state index in [0.717, 1.165) is 41.0 Å². The molecule has 36 heavy (non-hydrogen) atoms. The summed E-state index contributed by atoms with van der Waals surface area (Å²) in [6.45, 7) is 9.58. The number of anilines is 1. The number of carbonyl (C=O) groups is 2. The van der Waals surface area contributed by atoms with Gasteiger partial charge in [0.15, 0.2) is 0 Å². The highest BCUT2D eigenvalue weighted by Crippen LogP contribution is 2.20. The maximum atomic E-state index is 12.3. The van der Waals surface area contributed by atoms with E-state index in [9.17, 15) is 9.59 Å². The van der Waals surface area contributed by atoms with Crippen molar-refractivity contribution in [2.24, 2.45) is 17.4 Å². The van der Waals surface area contributed by atoms with Gasteiger partial charge in [0.2, 0.25) is 16.9 Å². The fourth-order valence-corrected chi connectivity index (χ4v) is 4.07. The van der Waals surface area contributed by atoms with Gasteiger partial charge in [0.1, 0.15) is 10.8 Å². The van der Waals surface area contributed by atoms with Crippen molar-refractivity contribution in [3.8, 4) is 0 Å². The Bertz CT molecular complexity index is 1150. The van der Waals surface area contributed by atoms with Crippen LogP contribution in [0.25, 0.3) is 0 Å². The van der Waals surface area contributed by atoms with Crippen molar-refractivity contribution in [2.75, 3.05) is 5.32 Å². The number of hydrogen-bond donors (Lipinski definition) is 4. The average molecular weight is 509 g/mol. The molecule has 1 atom stereocenters. The van der Waals surface area contributed by atoms with Crippen LogP contribution >= 0.6 is 11.3 Å². The molecule has 0 saturated carbocycles. The number of nitrogens with one attached hydrogen (secondary N) is 2. The molecule has 6 N–H and O–H groups in total. The standard InChI is InChI=1S/C27H36N6O2S/c1-5-9-19(3)20(4)26(35)31-27-33-32-25(36-27)13-7-6-12-22(28)14-15-23(29)30-24(34)17-21-11-8-10-18(2)16-21/h5,8-11,14-16,20H,3,6-7,12-13,17,28-29H2,1-2,4H3,(H,30,34)(H,31,33,35)/b9-5-,22-14-,23-15+. The first-order chi connectivity index (χ1) is 17.2. The predicted molar refractivity (Wildman–Crippen MR) is 147 cm³/mol. The van der Waals surface area contributed by atoms with Crippen LogP contribution in [0.1, 0.15) is 49.2 Å². The van der Waals surface area contributed by atoms with E-state index >= 15 is 0 Å². The molecular formula is C27H36N6O2S. The van der Waals surface area contributed by atoms with Crippen molar-refractivity contribution in [1.82, 2.24) is 15.5 Å². The van der Waals surface area contributed by atoms with Gasteiger partial charge in [0, 0.05) is 12.1 Å². The third kappa shape index (κ3) is 10.3. The lowest BCUT2D eigenvalue weighted by Crippen LogP contribution is -2.28. The lowest BCUT2D eigenvalue weighted by molar-refractivity contribution is -0.120. The number of carbonyl (C=O) groups excluding carboxylic acids is 2. The van der Waals surface area contributed by atoms with E-state index in [2.05, 4.69) is 27.4 Å². The summed E-state index contributed by atoms with van der Waals surface area (Å²) in [5.74, 6) is -0.418. The van der Waals surface area contributed by atoms with Gasteiger partial charge in [-0.05, 0) is 63.3 Å². The van der Waals surface area contributed by atoms with Crippen LogP contribution in [0.2, 0.25) is 0 Å². The van der Waals surface area contributed by atoms with Gasteiger partial charge < -0.3 is 22.1 Å². The highest BCUT2D eigenvalue weighted by atomic mass is 32.1. The summed E-state index contributed by atoms with van der Waals surface area (Å²) in [6, 6.07) is 7.79. The van der Waals surface area contributed by atoms with Gasteiger partial charge in [-0.15, -0.1) is 10.2 Å². The molecule has 0 saturated heterocycles. The zero-order valence-electron chi connectivity index (χ0n) is 21.2. The zero-order valence-corrected chi connectivity index (χ0v) is 22.0. The maximum absolute atomic E-state index is 12.3. The Kier molecular flexibility index (Phi) is 11.6. The van der Waals surface area contributed by atoms with Crippen LogP contribution in [0.15, 0.2) is 72.2 Å². The van der Waals surface area contributed by atoms with Crippen LogP contribution in [0.5, 0.6) is 0 Å². The Morgan fingerprint density at radius 1 is 1.19 bits per heavy atom. The monoisotopic (exact) mass is 508 g/mol. The number of aromatic nitrogens is 2. The van der Waals surface area contributed by atoms with E-state index in [1.54, 1.807) is 19.1 Å². The molecular weight excluding hydrogens is 472 g/mol. The largest absolute Gasteiger partial charge is 0.402 e. The van der Waals surface area contributed by atoms with Crippen LogP contribution in [0.3, 0.4) is 0 Å². The highest BCUT2D eigenvalue weighted by Gasteiger charge is 2.16. The molecule has 1 heterocycles. The fraction of sp³-hybridized carbons (Fsp3) is 0.333. The quantitative estimate of drug-likeness (QED) is 0.236. The molecule has 0 aliphatic rings. The molecule has 0 radical (unpaired) electrons. The molecule has 1 unspecified atom stereocenters. The number of nitrogens with zero attached hydrogens (tertiary/aromatic N) is 2. The van der Waals surface area contributed by atoms with Crippen molar-refractivity contribution in [2.45, 2.75) is 52.9 Å². The van der Waals surface area contributed by atoms with Crippen LogP contribution in [-0.4, -0.2) is 22.0 Å². The summed E-state index contributed by atoms with van der Waals surface area (Å²) in [5.41, 5.74) is 15.4. The number of nitrogens with two attached hydrogens (primary N) is 2. The molecule has 0 bridgehead atoms. The van der Waals surface area contributed by atoms with Gasteiger partial charge in [-0.2, -0.15) is 0 Å². The number of unbranched alkanes of at least 4 members (excludes halogenated alkanes) is 1. The Labute approximate surface area is 217 Å². The second-order valence-electron chi connectivity index (χ2n) is 8.57. The van der Waals surface area contributed by atoms with Crippen molar-refractivity contribution >= 4 is 28.3 Å². The van der Waals surface area contributed by atoms with Crippen molar-refractivity contribution in [3.63, 3.8) is 0 Å². The second kappa shape index (κ2) is 14.6. The molecule has 2 amide bonds. The lowest BCUT2D eigenvalue weighted by Gasteiger charge is -2.10. The number of aryl methyl sites for hydroxylation is 2. The lowest BCUT2D eigenvalue weighted by atomic mass is 10.0. The van der Waals surface area contributed by atoms with E-state index in [4.69, 9.17) is 11.5 Å². The van der Waals surface area contributed by atoms with Crippen molar-refractivity contribution in [1.29, 1.82) is 0 Å². The molecule has 8 nitrogen and oxygen atoms in total.